The first-order valence-electron chi connectivity index (χ1n) is 7.86. The Balaban J connectivity index is 1.90. The van der Waals surface area contributed by atoms with Crippen LogP contribution in [0.5, 0.6) is 0 Å². The van der Waals surface area contributed by atoms with Crippen molar-refractivity contribution in [1.29, 1.82) is 0 Å². The van der Waals surface area contributed by atoms with Crippen LogP contribution in [0.25, 0.3) is 33.3 Å². The van der Waals surface area contributed by atoms with Crippen molar-refractivity contribution in [3.63, 3.8) is 0 Å². The fraction of sp³-hybridized carbons (Fsp3) is 0.0500. The predicted octanol–water partition coefficient (Wildman–Crippen LogP) is 4.39. The van der Waals surface area contributed by atoms with E-state index in [1.54, 1.807) is 25.4 Å². The Hall–Kier alpha value is -3.34. The number of halogens is 1. The van der Waals surface area contributed by atoms with Gasteiger partial charge in [-0.15, -0.1) is 0 Å². The lowest BCUT2D eigenvalue weighted by Gasteiger charge is -2.10. The Kier molecular flexibility index (Phi) is 3.61. The number of fused-ring (bicyclic) bond motifs is 1. The van der Waals surface area contributed by atoms with Crippen molar-refractivity contribution >= 4 is 16.9 Å². The molecule has 0 amide bonds. The second-order valence-corrected chi connectivity index (χ2v) is 5.87. The number of aryl methyl sites for hydroxylation is 1. The van der Waals surface area contributed by atoms with Gasteiger partial charge in [-0.1, -0.05) is 18.2 Å². The number of hydrogen-bond acceptors (Lipinski definition) is 4. The smallest absolute Gasteiger partial charge is 0.220 e. The maximum absolute atomic E-state index is 13.6. The van der Waals surface area contributed by atoms with Gasteiger partial charge in [0.1, 0.15) is 5.82 Å². The molecule has 0 saturated heterocycles. The van der Waals surface area contributed by atoms with E-state index in [1.807, 2.05) is 36.4 Å². The van der Waals surface area contributed by atoms with E-state index < -0.39 is 0 Å². The van der Waals surface area contributed by atoms with E-state index in [4.69, 9.17) is 5.73 Å². The summed E-state index contributed by atoms with van der Waals surface area (Å²) >= 11 is 0. The van der Waals surface area contributed by atoms with E-state index >= 15 is 0 Å². The first-order valence-corrected chi connectivity index (χ1v) is 7.86. The molecule has 2 heterocycles. The lowest BCUT2D eigenvalue weighted by atomic mass is 9.97. The van der Waals surface area contributed by atoms with Crippen molar-refractivity contribution in [2.24, 2.45) is 0 Å². The second kappa shape index (κ2) is 5.94. The molecule has 4 nitrogen and oxygen atoms in total. The van der Waals surface area contributed by atoms with E-state index in [0.29, 0.717) is 5.56 Å². The minimum atomic E-state index is -0.223. The standard InChI is InChI=1S/C20H15FN4/c1-12-9-14(6-7-17(12)21)19-16(3-2-8-23-19)13-4-5-15-11-24-20(22)25-18(15)10-13/h2-11H,1H3,(H2,22,24,25). The highest BCUT2D eigenvalue weighted by Gasteiger charge is 2.11. The van der Waals surface area contributed by atoms with Gasteiger partial charge in [-0.3, -0.25) is 4.98 Å². The number of anilines is 1. The van der Waals surface area contributed by atoms with Gasteiger partial charge in [0.15, 0.2) is 0 Å². The summed E-state index contributed by atoms with van der Waals surface area (Å²) in [5, 5.41) is 0.918. The zero-order valence-corrected chi connectivity index (χ0v) is 13.6. The van der Waals surface area contributed by atoms with Crippen LogP contribution in [0.2, 0.25) is 0 Å². The topological polar surface area (TPSA) is 64.7 Å². The summed E-state index contributed by atoms with van der Waals surface area (Å²) in [6, 6.07) is 14.8. The molecule has 0 unspecified atom stereocenters. The van der Waals surface area contributed by atoms with Crippen LogP contribution < -0.4 is 5.73 Å². The molecule has 5 heteroatoms. The SMILES string of the molecule is Cc1cc(-c2ncccc2-c2ccc3cnc(N)nc3c2)ccc1F. The number of benzene rings is 2. The van der Waals surface area contributed by atoms with Crippen LogP contribution in [0, 0.1) is 12.7 Å². The van der Waals surface area contributed by atoms with Gasteiger partial charge in [-0.2, -0.15) is 0 Å². The maximum Gasteiger partial charge on any atom is 0.220 e. The first-order chi connectivity index (χ1) is 12.1. The number of aromatic nitrogens is 3. The number of hydrogen-bond donors (Lipinski definition) is 1. The molecular weight excluding hydrogens is 315 g/mol. The van der Waals surface area contributed by atoms with Crippen molar-refractivity contribution < 1.29 is 4.39 Å². The molecule has 0 spiro atoms. The Morgan fingerprint density at radius 3 is 2.64 bits per heavy atom. The van der Waals surface area contributed by atoms with Crippen LogP contribution >= 0.6 is 0 Å². The summed E-state index contributed by atoms with van der Waals surface area (Å²) in [7, 11) is 0. The molecule has 122 valence electrons. The van der Waals surface area contributed by atoms with Gasteiger partial charge >= 0.3 is 0 Å². The largest absolute Gasteiger partial charge is 0.368 e. The van der Waals surface area contributed by atoms with Gasteiger partial charge < -0.3 is 5.73 Å². The van der Waals surface area contributed by atoms with Crippen molar-refractivity contribution in [3.8, 4) is 22.4 Å². The molecule has 2 aromatic heterocycles. The highest BCUT2D eigenvalue weighted by Crippen LogP contribution is 2.32. The third-order valence-electron chi connectivity index (χ3n) is 4.15. The van der Waals surface area contributed by atoms with Gasteiger partial charge in [-0.25, -0.2) is 14.4 Å². The Bertz CT molecular complexity index is 1090. The molecule has 0 saturated carbocycles. The molecule has 2 aromatic carbocycles. The monoisotopic (exact) mass is 330 g/mol. The van der Waals surface area contributed by atoms with Crippen LogP contribution in [0.1, 0.15) is 5.56 Å². The second-order valence-electron chi connectivity index (χ2n) is 5.87. The van der Waals surface area contributed by atoms with Crippen LogP contribution in [-0.2, 0) is 0 Å². The van der Waals surface area contributed by atoms with Gasteiger partial charge in [0, 0.05) is 28.9 Å². The quantitative estimate of drug-likeness (QED) is 0.592. The number of nitrogens with zero attached hydrogens (tertiary/aromatic N) is 3. The van der Waals surface area contributed by atoms with Crippen LogP contribution in [0.4, 0.5) is 10.3 Å². The highest BCUT2D eigenvalue weighted by molar-refractivity contribution is 5.88. The summed E-state index contributed by atoms with van der Waals surface area (Å²) < 4.78 is 13.6. The normalized spacial score (nSPS) is 11.0. The number of nitrogen functional groups attached to an aromatic ring is 1. The molecule has 0 atom stereocenters. The minimum absolute atomic E-state index is 0.223. The average Bonchev–Trinajstić information content (AvgIpc) is 2.63. The van der Waals surface area contributed by atoms with Crippen molar-refractivity contribution in [3.05, 3.63) is 72.3 Å². The molecule has 2 N–H and O–H groups in total. The number of nitrogens with two attached hydrogens (primary N) is 1. The average molecular weight is 330 g/mol. The van der Waals surface area contributed by atoms with Crippen molar-refractivity contribution in [2.75, 3.05) is 5.73 Å². The van der Waals surface area contributed by atoms with Crippen LogP contribution in [0.3, 0.4) is 0 Å². The molecule has 0 aliphatic heterocycles. The van der Waals surface area contributed by atoms with Gasteiger partial charge in [0.2, 0.25) is 5.95 Å². The Morgan fingerprint density at radius 2 is 1.80 bits per heavy atom. The van der Waals surface area contributed by atoms with Gasteiger partial charge in [0.05, 0.1) is 11.2 Å². The van der Waals surface area contributed by atoms with Crippen LogP contribution in [0.15, 0.2) is 60.9 Å². The van der Waals surface area contributed by atoms with E-state index in [-0.39, 0.29) is 11.8 Å². The van der Waals surface area contributed by atoms with E-state index in [0.717, 1.165) is 33.3 Å². The summed E-state index contributed by atoms with van der Waals surface area (Å²) in [6.45, 7) is 1.75. The number of pyridine rings is 1. The highest BCUT2D eigenvalue weighted by atomic mass is 19.1. The number of rotatable bonds is 2. The van der Waals surface area contributed by atoms with Crippen molar-refractivity contribution in [2.45, 2.75) is 6.92 Å². The van der Waals surface area contributed by atoms with Gasteiger partial charge in [0.25, 0.3) is 0 Å². The third-order valence-corrected chi connectivity index (χ3v) is 4.15. The first kappa shape index (κ1) is 15.2. The molecule has 0 fully saturated rings. The summed E-state index contributed by atoms with van der Waals surface area (Å²) in [4.78, 5) is 12.8. The Morgan fingerprint density at radius 1 is 0.960 bits per heavy atom. The molecule has 25 heavy (non-hydrogen) atoms. The molecular formula is C20H15FN4. The van der Waals surface area contributed by atoms with E-state index in [9.17, 15) is 4.39 Å². The zero-order valence-electron chi connectivity index (χ0n) is 13.6. The van der Waals surface area contributed by atoms with E-state index in [1.165, 1.54) is 6.07 Å². The fourth-order valence-corrected chi connectivity index (χ4v) is 2.87. The Labute approximate surface area is 144 Å². The maximum atomic E-state index is 13.6. The lowest BCUT2D eigenvalue weighted by Crippen LogP contribution is -1.95. The van der Waals surface area contributed by atoms with Gasteiger partial charge in [-0.05, 0) is 48.4 Å². The predicted molar refractivity (Wildman–Crippen MR) is 97.3 cm³/mol. The summed E-state index contributed by atoms with van der Waals surface area (Å²) in [5.74, 6) is 0.0179. The zero-order chi connectivity index (χ0) is 17.4. The van der Waals surface area contributed by atoms with Crippen LogP contribution in [-0.4, -0.2) is 15.0 Å². The molecule has 0 radical (unpaired) electrons. The minimum Gasteiger partial charge on any atom is -0.368 e. The molecule has 0 aliphatic rings. The lowest BCUT2D eigenvalue weighted by molar-refractivity contribution is 0.619. The van der Waals surface area contributed by atoms with E-state index in [2.05, 4.69) is 15.0 Å². The third kappa shape index (κ3) is 2.80. The molecule has 4 aromatic rings. The molecule has 4 rings (SSSR count). The fourth-order valence-electron chi connectivity index (χ4n) is 2.87. The summed E-state index contributed by atoms with van der Waals surface area (Å²) in [5.41, 5.74) is 10.6. The molecule has 0 bridgehead atoms. The molecule has 0 aliphatic carbocycles. The summed E-state index contributed by atoms with van der Waals surface area (Å²) in [6.07, 6.45) is 3.44. The van der Waals surface area contributed by atoms with Crippen molar-refractivity contribution in [1.82, 2.24) is 15.0 Å².